The van der Waals surface area contributed by atoms with Crippen LogP contribution in [0.5, 0.6) is 0 Å². The summed E-state index contributed by atoms with van der Waals surface area (Å²) in [5.41, 5.74) is 11.8. The molecular weight excluding hydrogens is 585 g/mol. The van der Waals surface area contributed by atoms with Crippen molar-refractivity contribution >= 4 is 49.3 Å². The number of hydrogen-bond donors (Lipinski definition) is 0. The Bertz CT molecular complexity index is 2760. The molecule has 0 amide bonds. The van der Waals surface area contributed by atoms with Gasteiger partial charge in [0.2, 0.25) is 0 Å². The number of aromatic nitrogens is 2. The molecule has 0 aliphatic heterocycles. The molecule has 0 saturated heterocycles. The van der Waals surface area contributed by atoms with Gasteiger partial charge in [0.15, 0.2) is 5.69 Å². The van der Waals surface area contributed by atoms with Crippen LogP contribution >= 0.6 is 0 Å². The lowest BCUT2D eigenvalue weighted by atomic mass is 9.96. The summed E-state index contributed by atoms with van der Waals surface area (Å²) in [6.07, 6.45) is 0. The molecule has 9 aromatic rings. The van der Waals surface area contributed by atoms with Crippen LogP contribution in [0.15, 0.2) is 158 Å². The second-order valence-corrected chi connectivity index (χ2v) is 12.0. The lowest BCUT2D eigenvalue weighted by Gasteiger charge is -2.16. The van der Waals surface area contributed by atoms with Crippen LogP contribution in [0.1, 0.15) is 5.56 Å². The zero-order chi connectivity index (χ0) is 32.2. The molecular formula is C44H26N4. The standard InChI is InChI=1S/C44H26N4/c1-46-33-23-24-43-38(27-33)37-16-5-9-20-42(37)47(43)39-17-6-2-13-34(39)31-12-10-11-29(25-31)30-21-22-32(28-45)44(26-30)48-40-18-7-3-14-35(40)36-15-4-8-19-41(36)48/h2-27H. The highest BCUT2D eigenvalue weighted by molar-refractivity contribution is 6.11. The highest BCUT2D eigenvalue weighted by atomic mass is 15.0. The van der Waals surface area contributed by atoms with E-state index in [1.54, 1.807) is 0 Å². The first-order valence-corrected chi connectivity index (χ1v) is 15.9. The smallest absolute Gasteiger partial charge is 0.188 e. The molecule has 0 aliphatic rings. The molecule has 48 heavy (non-hydrogen) atoms. The number of para-hydroxylation sites is 4. The van der Waals surface area contributed by atoms with Crippen molar-refractivity contribution < 1.29 is 0 Å². The predicted octanol–water partition coefficient (Wildman–Crippen LogP) is 11.6. The van der Waals surface area contributed by atoms with Gasteiger partial charge in [-0.05, 0) is 76.7 Å². The van der Waals surface area contributed by atoms with Gasteiger partial charge >= 0.3 is 0 Å². The van der Waals surface area contributed by atoms with Crippen molar-refractivity contribution in [1.82, 2.24) is 9.13 Å². The van der Waals surface area contributed by atoms with E-state index in [0.717, 1.165) is 77.2 Å². The largest absolute Gasteiger partial charge is 0.309 e. The van der Waals surface area contributed by atoms with Gasteiger partial charge in [0.05, 0.1) is 45.6 Å². The zero-order valence-corrected chi connectivity index (χ0v) is 25.8. The Balaban J connectivity index is 1.22. The van der Waals surface area contributed by atoms with E-state index in [1.165, 1.54) is 0 Å². The fraction of sp³-hybridized carbons (Fsp3) is 0. The molecule has 2 aromatic heterocycles. The third-order valence-corrected chi connectivity index (χ3v) is 9.38. The van der Waals surface area contributed by atoms with Crippen molar-refractivity contribution in [2.75, 3.05) is 0 Å². The van der Waals surface area contributed by atoms with Crippen LogP contribution in [0.4, 0.5) is 5.69 Å². The van der Waals surface area contributed by atoms with E-state index >= 15 is 0 Å². The number of hydrogen-bond acceptors (Lipinski definition) is 1. The Morgan fingerprint density at radius 3 is 1.71 bits per heavy atom. The number of rotatable bonds is 4. The first-order valence-electron chi connectivity index (χ1n) is 15.9. The quantitative estimate of drug-likeness (QED) is 0.183. The van der Waals surface area contributed by atoms with Crippen LogP contribution in [0, 0.1) is 17.9 Å². The van der Waals surface area contributed by atoms with Crippen molar-refractivity contribution in [2.24, 2.45) is 0 Å². The Hall–Kier alpha value is -6.88. The van der Waals surface area contributed by atoms with Gasteiger partial charge < -0.3 is 9.13 Å². The first kappa shape index (κ1) is 27.4. The molecule has 0 saturated carbocycles. The normalized spacial score (nSPS) is 11.3. The van der Waals surface area contributed by atoms with E-state index < -0.39 is 0 Å². The molecule has 0 fully saturated rings. The highest BCUT2D eigenvalue weighted by Gasteiger charge is 2.18. The van der Waals surface area contributed by atoms with Gasteiger partial charge in [-0.2, -0.15) is 5.26 Å². The monoisotopic (exact) mass is 610 g/mol. The van der Waals surface area contributed by atoms with Crippen molar-refractivity contribution in [3.8, 4) is 39.7 Å². The summed E-state index contributed by atoms with van der Waals surface area (Å²) in [7, 11) is 0. The fourth-order valence-corrected chi connectivity index (χ4v) is 7.24. The van der Waals surface area contributed by atoms with Crippen molar-refractivity contribution in [1.29, 1.82) is 5.26 Å². The summed E-state index contributed by atoms with van der Waals surface area (Å²) in [5.74, 6) is 0. The molecule has 7 aromatic carbocycles. The predicted molar refractivity (Wildman–Crippen MR) is 197 cm³/mol. The lowest BCUT2D eigenvalue weighted by Crippen LogP contribution is -1.98. The van der Waals surface area contributed by atoms with Crippen molar-refractivity contribution in [3.63, 3.8) is 0 Å². The Morgan fingerprint density at radius 1 is 0.458 bits per heavy atom. The molecule has 9 rings (SSSR count). The first-order chi connectivity index (χ1) is 23.7. The van der Waals surface area contributed by atoms with Crippen LogP contribution in [-0.4, -0.2) is 9.13 Å². The van der Waals surface area contributed by atoms with E-state index in [1.807, 2.05) is 24.3 Å². The molecule has 0 unspecified atom stereocenters. The van der Waals surface area contributed by atoms with E-state index in [9.17, 15) is 5.26 Å². The maximum Gasteiger partial charge on any atom is 0.188 e. The average molecular weight is 611 g/mol. The Morgan fingerprint density at radius 2 is 1.02 bits per heavy atom. The van der Waals surface area contributed by atoms with Crippen LogP contribution in [0.2, 0.25) is 0 Å². The summed E-state index contributed by atoms with van der Waals surface area (Å²) in [5, 5.41) is 14.8. The van der Waals surface area contributed by atoms with Gasteiger partial charge in [-0.1, -0.05) is 103 Å². The molecule has 4 nitrogen and oxygen atoms in total. The minimum absolute atomic E-state index is 0.625. The van der Waals surface area contributed by atoms with Gasteiger partial charge in [-0.25, -0.2) is 4.85 Å². The van der Waals surface area contributed by atoms with Gasteiger partial charge in [-0.3, -0.25) is 0 Å². The lowest BCUT2D eigenvalue weighted by molar-refractivity contribution is 1.17. The van der Waals surface area contributed by atoms with Crippen LogP contribution < -0.4 is 0 Å². The molecule has 0 spiro atoms. The summed E-state index contributed by atoms with van der Waals surface area (Å²) in [6, 6.07) is 56.8. The molecule has 0 aliphatic carbocycles. The minimum Gasteiger partial charge on any atom is -0.309 e. The molecule has 222 valence electrons. The topological polar surface area (TPSA) is 38.0 Å². The van der Waals surface area contributed by atoms with E-state index in [0.29, 0.717) is 11.3 Å². The summed E-state index contributed by atoms with van der Waals surface area (Å²) < 4.78 is 4.52. The van der Waals surface area contributed by atoms with E-state index in [4.69, 9.17) is 6.57 Å². The summed E-state index contributed by atoms with van der Waals surface area (Å²) in [4.78, 5) is 3.70. The minimum atomic E-state index is 0.625. The zero-order valence-electron chi connectivity index (χ0n) is 25.8. The molecule has 4 heteroatoms. The molecule has 2 heterocycles. The van der Waals surface area contributed by atoms with Crippen molar-refractivity contribution in [3.05, 3.63) is 175 Å². The van der Waals surface area contributed by atoms with Gasteiger partial charge in [0.25, 0.3) is 0 Å². The second kappa shape index (κ2) is 10.9. The van der Waals surface area contributed by atoms with E-state index in [2.05, 4.69) is 154 Å². The molecule has 0 N–H and O–H groups in total. The summed E-state index contributed by atoms with van der Waals surface area (Å²) >= 11 is 0. The molecule has 0 radical (unpaired) electrons. The number of fused-ring (bicyclic) bond motifs is 6. The summed E-state index contributed by atoms with van der Waals surface area (Å²) in [6.45, 7) is 7.58. The maximum absolute atomic E-state index is 10.2. The van der Waals surface area contributed by atoms with Crippen molar-refractivity contribution in [2.45, 2.75) is 0 Å². The number of nitrogens with zero attached hydrogens (tertiary/aromatic N) is 4. The number of benzene rings is 7. The average Bonchev–Trinajstić information content (AvgIpc) is 3.67. The van der Waals surface area contributed by atoms with E-state index in [-0.39, 0.29) is 0 Å². The van der Waals surface area contributed by atoms with Gasteiger partial charge in [0.1, 0.15) is 6.07 Å². The molecule has 0 bridgehead atoms. The molecule has 0 atom stereocenters. The maximum atomic E-state index is 10.2. The third-order valence-electron chi connectivity index (χ3n) is 9.38. The fourth-order valence-electron chi connectivity index (χ4n) is 7.24. The Kier molecular flexibility index (Phi) is 6.22. The number of nitriles is 1. The van der Waals surface area contributed by atoms with Crippen LogP contribution in [-0.2, 0) is 0 Å². The van der Waals surface area contributed by atoms with Crippen LogP contribution in [0.25, 0.3) is 82.1 Å². The van der Waals surface area contributed by atoms with Crippen LogP contribution in [0.3, 0.4) is 0 Å². The highest BCUT2D eigenvalue weighted by Crippen LogP contribution is 2.39. The van der Waals surface area contributed by atoms with Gasteiger partial charge in [-0.15, -0.1) is 0 Å². The third kappa shape index (κ3) is 4.14. The van der Waals surface area contributed by atoms with Gasteiger partial charge in [0, 0.05) is 21.7 Å². The SMILES string of the molecule is [C-]#[N+]c1ccc2c(c1)c1ccccc1n2-c1ccccc1-c1cccc(-c2ccc(C#N)c(-n3c4ccccc4c4ccccc43)c2)c1. The Labute approximate surface area is 277 Å². The second-order valence-electron chi connectivity index (χ2n) is 12.0.